The summed E-state index contributed by atoms with van der Waals surface area (Å²) >= 11 is 1.91. The van der Waals surface area contributed by atoms with Crippen molar-refractivity contribution in [3.8, 4) is 0 Å². The molecule has 0 N–H and O–H groups in total. The number of hydrogen-bond acceptors (Lipinski definition) is 5. The quantitative estimate of drug-likeness (QED) is 0.604. The molecule has 2 fully saturated rings. The molecular weight excluding hydrogens is 404 g/mol. The Kier molecular flexibility index (Phi) is 6.18. The molecule has 2 aromatic rings. The number of piperazine rings is 1. The van der Waals surface area contributed by atoms with Crippen LogP contribution in [0.5, 0.6) is 0 Å². The van der Waals surface area contributed by atoms with Crippen molar-refractivity contribution in [2.45, 2.75) is 84.0 Å². The van der Waals surface area contributed by atoms with Gasteiger partial charge in [0.05, 0.1) is 5.39 Å². The van der Waals surface area contributed by atoms with Gasteiger partial charge in [0.25, 0.3) is 0 Å². The highest BCUT2D eigenvalue weighted by molar-refractivity contribution is 7.19. The van der Waals surface area contributed by atoms with Gasteiger partial charge in [-0.2, -0.15) is 0 Å². The lowest BCUT2D eigenvalue weighted by molar-refractivity contribution is -0.135. The fourth-order valence-electron chi connectivity index (χ4n) is 5.53. The molecule has 0 aromatic carbocycles. The number of thiophene rings is 1. The van der Waals surface area contributed by atoms with Crippen LogP contribution < -0.4 is 4.90 Å². The molecule has 1 saturated carbocycles. The molecule has 1 atom stereocenters. The van der Waals surface area contributed by atoms with Crippen molar-refractivity contribution in [1.82, 2.24) is 14.9 Å². The zero-order chi connectivity index (χ0) is 21.4. The van der Waals surface area contributed by atoms with Crippen LogP contribution >= 0.6 is 11.3 Å². The molecule has 1 saturated heterocycles. The number of rotatable bonds is 4. The molecule has 31 heavy (non-hydrogen) atoms. The Morgan fingerprint density at radius 1 is 1.03 bits per heavy atom. The van der Waals surface area contributed by atoms with Gasteiger partial charge in [-0.15, -0.1) is 11.3 Å². The Morgan fingerprint density at radius 3 is 2.52 bits per heavy atom. The molecule has 6 heteroatoms. The first kappa shape index (κ1) is 21.2. The highest BCUT2D eigenvalue weighted by Crippen LogP contribution is 2.40. The van der Waals surface area contributed by atoms with Gasteiger partial charge >= 0.3 is 0 Å². The second-order valence-corrected chi connectivity index (χ2v) is 10.8. The van der Waals surface area contributed by atoms with Gasteiger partial charge in [0, 0.05) is 42.9 Å². The predicted molar refractivity (Wildman–Crippen MR) is 128 cm³/mol. The maximum Gasteiger partial charge on any atom is 0.225 e. The third-order valence-electron chi connectivity index (χ3n) is 7.71. The zero-order valence-corrected chi connectivity index (χ0v) is 20.0. The van der Waals surface area contributed by atoms with Crippen LogP contribution in [0, 0.1) is 5.92 Å². The first-order valence-electron chi connectivity index (χ1n) is 12.5. The number of anilines is 1. The van der Waals surface area contributed by atoms with Crippen molar-refractivity contribution in [2.24, 2.45) is 5.92 Å². The lowest BCUT2D eigenvalue weighted by Gasteiger charge is -2.37. The van der Waals surface area contributed by atoms with E-state index in [9.17, 15) is 4.79 Å². The van der Waals surface area contributed by atoms with Crippen molar-refractivity contribution < 1.29 is 4.79 Å². The molecule has 2 aliphatic carbocycles. The minimum atomic E-state index is 0.280. The van der Waals surface area contributed by atoms with E-state index >= 15 is 0 Å². The molecule has 168 valence electrons. The number of carbonyl (C=O) groups excluding carboxylic acids is 1. The maximum atomic E-state index is 12.9. The molecular formula is C25H36N4OS. The lowest BCUT2D eigenvalue weighted by atomic mass is 10.0. The summed E-state index contributed by atoms with van der Waals surface area (Å²) in [6.45, 7) is 7.87. The van der Waals surface area contributed by atoms with Crippen LogP contribution in [0.25, 0.3) is 10.2 Å². The number of carbonyl (C=O) groups is 1. The molecule has 1 unspecified atom stereocenters. The van der Waals surface area contributed by atoms with Gasteiger partial charge in [-0.3, -0.25) is 4.79 Å². The van der Waals surface area contributed by atoms with Crippen LogP contribution in [0.3, 0.4) is 0 Å². The third kappa shape index (κ3) is 4.08. The van der Waals surface area contributed by atoms with Crippen molar-refractivity contribution in [3.05, 3.63) is 16.3 Å². The largest absolute Gasteiger partial charge is 0.352 e. The van der Waals surface area contributed by atoms with E-state index in [0.717, 1.165) is 63.5 Å². The SMILES string of the molecule is CCC(C)c1nc(N2CCN(C(=O)C3CCCC3)CC2)c2c3c(sc2n1)CCCCC3. The monoisotopic (exact) mass is 440 g/mol. The summed E-state index contributed by atoms with van der Waals surface area (Å²) in [6.07, 6.45) is 11.9. The van der Waals surface area contributed by atoms with Crippen LogP contribution in [0.2, 0.25) is 0 Å². The first-order chi connectivity index (χ1) is 15.2. The van der Waals surface area contributed by atoms with E-state index < -0.39 is 0 Å². The fourth-order valence-corrected chi connectivity index (χ4v) is 6.80. The Balaban J connectivity index is 1.45. The summed E-state index contributed by atoms with van der Waals surface area (Å²) in [7, 11) is 0. The Hall–Kier alpha value is -1.69. The number of aryl methyl sites for hydroxylation is 2. The molecule has 3 aliphatic rings. The van der Waals surface area contributed by atoms with E-state index in [0.29, 0.717) is 11.8 Å². The molecule has 5 nitrogen and oxygen atoms in total. The van der Waals surface area contributed by atoms with E-state index in [-0.39, 0.29) is 5.92 Å². The number of nitrogens with zero attached hydrogens (tertiary/aromatic N) is 4. The molecule has 1 amide bonds. The van der Waals surface area contributed by atoms with E-state index in [4.69, 9.17) is 9.97 Å². The fraction of sp³-hybridized carbons (Fsp3) is 0.720. The number of fused-ring (bicyclic) bond motifs is 3. The number of hydrogen-bond donors (Lipinski definition) is 0. The van der Waals surface area contributed by atoms with Gasteiger partial charge in [0.1, 0.15) is 16.5 Å². The summed E-state index contributed by atoms with van der Waals surface area (Å²) in [5.41, 5.74) is 1.52. The average molecular weight is 441 g/mol. The van der Waals surface area contributed by atoms with E-state index in [1.165, 1.54) is 54.3 Å². The second-order valence-electron chi connectivity index (χ2n) is 9.75. The molecule has 0 spiro atoms. The molecule has 0 radical (unpaired) electrons. The van der Waals surface area contributed by atoms with Crippen LogP contribution in [-0.2, 0) is 17.6 Å². The standard InChI is InChI=1S/C25H36N4OS/c1-3-17(2)22-26-23(21-19-11-5-4-6-12-20(19)31-24(21)27-22)28-13-15-29(16-14-28)25(30)18-9-7-8-10-18/h17-18H,3-16H2,1-2H3. The van der Waals surface area contributed by atoms with Crippen LogP contribution in [0.1, 0.15) is 87.4 Å². The maximum absolute atomic E-state index is 12.9. The van der Waals surface area contributed by atoms with E-state index in [1.807, 2.05) is 11.3 Å². The summed E-state index contributed by atoms with van der Waals surface area (Å²) in [5.74, 6) is 3.19. The van der Waals surface area contributed by atoms with Crippen LogP contribution in [0.4, 0.5) is 5.82 Å². The average Bonchev–Trinajstić information content (AvgIpc) is 3.40. The normalized spacial score (nSPS) is 21.4. The van der Waals surface area contributed by atoms with Gasteiger partial charge in [0.15, 0.2) is 0 Å². The minimum absolute atomic E-state index is 0.280. The summed E-state index contributed by atoms with van der Waals surface area (Å²) < 4.78 is 0. The smallest absolute Gasteiger partial charge is 0.225 e. The van der Waals surface area contributed by atoms with Crippen molar-refractivity contribution in [1.29, 1.82) is 0 Å². The highest BCUT2D eigenvalue weighted by atomic mass is 32.1. The lowest BCUT2D eigenvalue weighted by Crippen LogP contribution is -2.50. The summed E-state index contributed by atoms with van der Waals surface area (Å²) in [4.78, 5) is 30.4. The van der Waals surface area contributed by atoms with Gasteiger partial charge in [0.2, 0.25) is 5.91 Å². The number of amides is 1. The third-order valence-corrected chi connectivity index (χ3v) is 8.90. The van der Waals surface area contributed by atoms with E-state index in [1.54, 1.807) is 4.88 Å². The minimum Gasteiger partial charge on any atom is -0.352 e. The Morgan fingerprint density at radius 2 is 1.77 bits per heavy atom. The van der Waals surface area contributed by atoms with Gasteiger partial charge < -0.3 is 9.80 Å². The van der Waals surface area contributed by atoms with Gasteiger partial charge in [-0.25, -0.2) is 9.97 Å². The molecule has 5 rings (SSSR count). The van der Waals surface area contributed by atoms with Crippen molar-refractivity contribution >= 4 is 33.3 Å². The highest BCUT2D eigenvalue weighted by Gasteiger charge is 2.31. The molecule has 0 bridgehead atoms. The Bertz CT molecular complexity index is 941. The molecule has 1 aliphatic heterocycles. The van der Waals surface area contributed by atoms with Crippen molar-refractivity contribution in [3.63, 3.8) is 0 Å². The van der Waals surface area contributed by atoms with E-state index in [2.05, 4.69) is 23.6 Å². The zero-order valence-electron chi connectivity index (χ0n) is 19.2. The molecule has 3 heterocycles. The summed E-state index contributed by atoms with van der Waals surface area (Å²) in [6, 6.07) is 0. The summed E-state index contributed by atoms with van der Waals surface area (Å²) in [5, 5.41) is 1.32. The molecule has 2 aromatic heterocycles. The predicted octanol–water partition coefficient (Wildman–Crippen LogP) is 5.31. The van der Waals surface area contributed by atoms with Gasteiger partial charge in [-0.1, -0.05) is 33.1 Å². The van der Waals surface area contributed by atoms with Crippen molar-refractivity contribution in [2.75, 3.05) is 31.1 Å². The van der Waals surface area contributed by atoms with Crippen LogP contribution in [-0.4, -0.2) is 47.0 Å². The topological polar surface area (TPSA) is 49.3 Å². The Labute approximate surface area is 190 Å². The number of aromatic nitrogens is 2. The second kappa shape index (κ2) is 9.05. The van der Waals surface area contributed by atoms with Crippen LogP contribution in [0.15, 0.2) is 0 Å². The van der Waals surface area contributed by atoms with Gasteiger partial charge in [-0.05, 0) is 50.5 Å². The first-order valence-corrected chi connectivity index (χ1v) is 13.3.